The van der Waals surface area contributed by atoms with Crippen LogP contribution in [0.15, 0.2) is 18.2 Å². The van der Waals surface area contributed by atoms with Gasteiger partial charge >= 0.3 is 0 Å². The Morgan fingerprint density at radius 3 is 2.65 bits per heavy atom. The lowest BCUT2D eigenvalue weighted by atomic mass is 10.0. The molecule has 1 N–H and O–H groups in total. The molecule has 0 saturated carbocycles. The summed E-state index contributed by atoms with van der Waals surface area (Å²) in [5.74, 6) is 0.567. The summed E-state index contributed by atoms with van der Waals surface area (Å²) in [4.78, 5) is 4.30. The molecule has 90 valence electrons. The Morgan fingerprint density at radius 2 is 2.06 bits per heavy atom. The maximum atomic E-state index is 13.8. The van der Waals surface area contributed by atoms with Crippen LogP contribution in [0.4, 0.5) is 10.2 Å². The van der Waals surface area contributed by atoms with Gasteiger partial charge < -0.3 is 5.32 Å². The number of nitrogens with one attached hydrogen (secondary N) is 1. The molecular weight excluding hydrogens is 239 g/mol. The van der Waals surface area contributed by atoms with Crippen molar-refractivity contribution in [3.05, 3.63) is 34.6 Å². The van der Waals surface area contributed by atoms with E-state index in [1.807, 2.05) is 6.07 Å². The Bertz CT molecular complexity index is 567. The summed E-state index contributed by atoms with van der Waals surface area (Å²) in [5, 5.41) is 3.87. The van der Waals surface area contributed by atoms with Crippen LogP contribution in [0.2, 0.25) is 5.02 Å². The Kier molecular flexibility index (Phi) is 3.20. The maximum Gasteiger partial charge on any atom is 0.168 e. The van der Waals surface area contributed by atoms with Crippen LogP contribution in [0.25, 0.3) is 10.9 Å². The van der Waals surface area contributed by atoms with Crippen molar-refractivity contribution in [3.63, 3.8) is 0 Å². The molecule has 0 bridgehead atoms. The molecule has 2 rings (SSSR count). The molecule has 2 nitrogen and oxygen atoms in total. The van der Waals surface area contributed by atoms with Crippen LogP contribution in [-0.4, -0.2) is 12.0 Å². The summed E-state index contributed by atoms with van der Waals surface area (Å²) in [6, 6.07) is 5.31. The first kappa shape index (κ1) is 12.1. The van der Waals surface area contributed by atoms with Gasteiger partial charge in [-0.1, -0.05) is 31.5 Å². The highest BCUT2D eigenvalue weighted by atomic mass is 35.5. The van der Waals surface area contributed by atoms with E-state index in [9.17, 15) is 4.39 Å². The second-order valence-electron chi connectivity index (χ2n) is 4.26. The highest BCUT2D eigenvalue weighted by Gasteiger charge is 2.13. The highest BCUT2D eigenvalue weighted by molar-refractivity contribution is 6.31. The smallest absolute Gasteiger partial charge is 0.168 e. The lowest BCUT2D eigenvalue weighted by Crippen LogP contribution is -2.01. The average molecular weight is 253 g/mol. The molecule has 0 spiro atoms. The van der Waals surface area contributed by atoms with Crippen molar-refractivity contribution in [3.8, 4) is 0 Å². The van der Waals surface area contributed by atoms with Gasteiger partial charge in [-0.25, -0.2) is 9.37 Å². The molecule has 0 atom stereocenters. The highest BCUT2D eigenvalue weighted by Crippen LogP contribution is 2.30. The monoisotopic (exact) mass is 252 g/mol. The fraction of sp³-hybridized carbons (Fsp3) is 0.308. The van der Waals surface area contributed by atoms with Crippen molar-refractivity contribution < 1.29 is 4.39 Å². The third kappa shape index (κ3) is 2.07. The first-order chi connectivity index (χ1) is 8.04. The molecule has 1 aromatic heterocycles. The van der Waals surface area contributed by atoms with Gasteiger partial charge in [0.25, 0.3) is 0 Å². The van der Waals surface area contributed by atoms with Crippen molar-refractivity contribution in [2.75, 3.05) is 12.4 Å². The predicted molar refractivity (Wildman–Crippen MR) is 70.3 cm³/mol. The number of benzene rings is 1. The quantitative estimate of drug-likeness (QED) is 0.867. The number of hydrogen-bond donors (Lipinski definition) is 1. The van der Waals surface area contributed by atoms with Crippen molar-refractivity contribution in [2.45, 2.75) is 19.8 Å². The normalized spacial score (nSPS) is 11.2. The Morgan fingerprint density at radius 1 is 1.35 bits per heavy atom. The summed E-state index contributed by atoms with van der Waals surface area (Å²) in [7, 11) is 1.78. The van der Waals surface area contributed by atoms with Crippen LogP contribution in [-0.2, 0) is 0 Å². The van der Waals surface area contributed by atoms with E-state index in [1.165, 1.54) is 0 Å². The van der Waals surface area contributed by atoms with E-state index in [4.69, 9.17) is 11.6 Å². The lowest BCUT2D eigenvalue weighted by molar-refractivity contribution is 0.637. The van der Waals surface area contributed by atoms with Gasteiger partial charge in [0, 0.05) is 12.4 Å². The molecule has 0 fully saturated rings. The zero-order chi connectivity index (χ0) is 12.6. The van der Waals surface area contributed by atoms with Gasteiger partial charge in [0.1, 0.15) is 11.3 Å². The van der Waals surface area contributed by atoms with E-state index in [2.05, 4.69) is 24.1 Å². The first-order valence-corrected chi connectivity index (χ1v) is 5.88. The van der Waals surface area contributed by atoms with E-state index in [0.29, 0.717) is 17.3 Å². The average Bonchev–Trinajstić information content (AvgIpc) is 2.32. The lowest BCUT2D eigenvalue weighted by Gasteiger charge is -2.13. The largest absolute Gasteiger partial charge is 0.373 e. The number of rotatable bonds is 2. The van der Waals surface area contributed by atoms with Crippen molar-refractivity contribution in [1.82, 2.24) is 4.98 Å². The molecule has 0 unspecified atom stereocenters. The summed E-state index contributed by atoms with van der Waals surface area (Å²) in [6.07, 6.45) is 0. The molecule has 0 amide bonds. The van der Waals surface area contributed by atoms with Crippen molar-refractivity contribution in [2.24, 2.45) is 0 Å². The van der Waals surface area contributed by atoms with E-state index in [-0.39, 0.29) is 5.02 Å². The van der Waals surface area contributed by atoms with Crippen molar-refractivity contribution >= 4 is 28.3 Å². The Hall–Kier alpha value is -1.35. The van der Waals surface area contributed by atoms with Crippen molar-refractivity contribution in [1.29, 1.82) is 0 Å². The minimum absolute atomic E-state index is 0.101. The Balaban J connectivity index is 2.78. The number of nitrogens with zero attached hydrogens (tertiary/aromatic N) is 1. The van der Waals surface area contributed by atoms with Crippen LogP contribution in [0, 0.1) is 5.82 Å². The molecule has 4 heteroatoms. The molecular formula is C13H14ClFN2. The second kappa shape index (κ2) is 4.49. The van der Waals surface area contributed by atoms with Gasteiger partial charge in [-0.3, -0.25) is 0 Å². The summed E-state index contributed by atoms with van der Waals surface area (Å²) in [5.41, 5.74) is 1.38. The molecule has 0 aliphatic heterocycles. The van der Waals surface area contributed by atoms with Gasteiger partial charge in [-0.05, 0) is 23.6 Å². The number of fused-ring (bicyclic) bond motifs is 1. The fourth-order valence-corrected chi connectivity index (χ4v) is 1.99. The van der Waals surface area contributed by atoms with E-state index in [0.717, 1.165) is 10.9 Å². The number of anilines is 1. The third-order valence-corrected chi connectivity index (χ3v) is 3.06. The predicted octanol–water partition coefficient (Wildman–Crippen LogP) is 4.19. The molecule has 0 aliphatic carbocycles. The molecule has 1 aromatic carbocycles. The van der Waals surface area contributed by atoms with Crippen LogP contribution < -0.4 is 5.32 Å². The minimum Gasteiger partial charge on any atom is -0.373 e. The van der Waals surface area contributed by atoms with Gasteiger partial charge in [0.2, 0.25) is 0 Å². The summed E-state index contributed by atoms with van der Waals surface area (Å²) >= 11 is 5.75. The minimum atomic E-state index is -0.462. The topological polar surface area (TPSA) is 24.9 Å². The first-order valence-electron chi connectivity index (χ1n) is 5.51. The van der Waals surface area contributed by atoms with E-state index >= 15 is 0 Å². The van der Waals surface area contributed by atoms with Gasteiger partial charge in [0.15, 0.2) is 5.82 Å². The Labute approximate surface area is 105 Å². The molecule has 17 heavy (non-hydrogen) atoms. The van der Waals surface area contributed by atoms with Crippen LogP contribution in [0.5, 0.6) is 0 Å². The third-order valence-electron chi connectivity index (χ3n) is 2.77. The molecule has 1 heterocycles. The molecule has 0 saturated heterocycles. The van der Waals surface area contributed by atoms with E-state index < -0.39 is 5.82 Å². The molecule has 0 aliphatic rings. The van der Waals surface area contributed by atoms with Crippen LogP contribution in [0.1, 0.15) is 25.3 Å². The number of halogens is 2. The van der Waals surface area contributed by atoms with E-state index in [1.54, 1.807) is 19.2 Å². The SMILES string of the molecule is CNc1nc2c(F)c(Cl)ccc2cc1C(C)C. The van der Waals surface area contributed by atoms with Gasteiger partial charge in [-0.15, -0.1) is 0 Å². The second-order valence-corrected chi connectivity index (χ2v) is 4.67. The number of aromatic nitrogens is 1. The number of pyridine rings is 1. The maximum absolute atomic E-state index is 13.8. The van der Waals surface area contributed by atoms with Crippen LogP contribution in [0.3, 0.4) is 0 Å². The van der Waals surface area contributed by atoms with Crippen LogP contribution >= 0.6 is 11.6 Å². The fourth-order valence-electron chi connectivity index (χ4n) is 1.84. The number of hydrogen-bond acceptors (Lipinski definition) is 2. The zero-order valence-electron chi connectivity index (χ0n) is 10.0. The molecule has 2 aromatic rings. The van der Waals surface area contributed by atoms with Gasteiger partial charge in [-0.2, -0.15) is 0 Å². The van der Waals surface area contributed by atoms with Gasteiger partial charge in [0.05, 0.1) is 5.02 Å². The summed E-state index contributed by atoms with van der Waals surface area (Å²) in [6.45, 7) is 4.16. The standard InChI is InChI=1S/C13H14ClFN2/c1-7(2)9-6-8-4-5-10(14)11(15)12(8)17-13(9)16-3/h4-7H,1-3H3,(H,16,17). The molecule has 0 radical (unpaired) electrons. The zero-order valence-corrected chi connectivity index (χ0v) is 10.8. The summed E-state index contributed by atoms with van der Waals surface area (Å²) < 4.78 is 13.8.